The van der Waals surface area contributed by atoms with E-state index in [1.165, 1.54) is 21.9 Å². The molecule has 138 valence electrons. The first-order valence-corrected chi connectivity index (χ1v) is 9.36. The molecule has 0 radical (unpaired) electrons. The molecule has 0 saturated carbocycles. The quantitative estimate of drug-likeness (QED) is 0.704. The lowest BCUT2D eigenvalue weighted by molar-refractivity contribution is -0.137. The fraction of sp³-hybridized carbons (Fsp3) is 0.318. The van der Waals surface area contributed by atoms with Gasteiger partial charge < -0.3 is 10.4 Å². The van der Waals surface area contributed by atoms with Gasteiger partial charge in [0.05, 0.1) is 5.69 Å². The summed E-state index contributed by atoms with van der Waals surface area (Å²) in [5.74, 6) is -0.362. The first-order valence-electron chi connectivity index (χ1n) is 9.36. The molecule has 5 heteroatoms. The Bertz CT molecular complexity index is 1030. The second-order valence-corrected chi connectivity index (χ2v) is 7.47. The van der Waals surface area contributed by atoms with Crippen LogP contribution in [-0.4, -0.2) is 27.1 Å². The van der Waals surface area contributed by atoms with Gasteiger partial charge in [-0.25, -0.2) is 9.97 Å². The summed E-state index contributed by atoms with van der Waals surface area (Å²) in [6.07, 6.45) is 2.17. The van der Waals surface area contributed by atoms with Gasteiger partial charge in [0.25, 0.3) is 0 Å². The number of hydrogen-bond donors (Lipinski definition) is 2. The van der Waals surface area contributed by atoms with Gasteiger partial charge in [-0.2, -0.15) is 0 Å². The van der Waals surface area contributed by atoms with E-state index >= 15 is 0 Å². The molecule has 5 nitrogen and oxygen atoms in total. The molecular formula is C22H23N3O2. The van der Waals surface area contributed by atoms with E-state index in [0.29, 0.717) is 5.95 Å². The summed E-state index contributed by atoms with van der Waals surface area (Å²) in [7, 11) is 0. The van der Waals surface area contributed by atoms with Gasteiger partial charge in [0.15, 0.2) is 0 Å². The molecule has 0 saturated heterocycles. The zero-order valence-corrected chi connectivity index (χ0v) is 15.8. The Morgan fingerprint density at radius 1 is 1.07 bits per heavy atom. The van der Waals surface area contributed by atoms with Gasteiger partial charge >= 0.3 is 5.97 Å². The lowest BCUT2D eigenvalue weighted by Gasteiger charge is -2.15. The summed E-state index contributed by atoms with van der Waals surface area (Å²) < 4.78 is 0. The van der Waals surface area contributed by atoms with E-state index in [-0.39, 0.29) is 5.92 Å². The molecule has 1 aromatic heterocycles. The SMILES string of the molecule is CC(Nc1nc(-c2ccc3c4c(cccc24)CC3)cc(C(C)C)n1)C(=O)O. The van der Waals surface area contributed by atoms with Gasteiger partial charge in [-0.3, -0.25) is 4.79 Å². The fourth-order valence-corrected chi connectivity index (χ4v) is 3.69. The summed E-state index contributed by atoms with van der Waals surface area (Å²) in [6.45, 7) is 5.74. The first kappa shape index (κ1) is 17.5. The molecule has 0 amide bonds. The van der Waals surface area contributed by atoms with Crippen molar-refractivity contribution in [3.05, 3.63) is 53.2 Å². The molecule has 0 aliphatic heterocycles. The smallest absolute Gasteiger partial charge is 0.325 e. The van der Waals surface area contributed by atoms with Gasteiger partial charge in [-0.05, 0) is 53.6 Å². The third kappa shape index (κ3) is 3.14. The summed E-state index contributed by atoms with van der Waals surface area (Å²) >= 11 is 0. The molecule has 2 aromatic carbocycles. The highest BCUT2D eigenvalue weighted by molar-refractivity contribution is 6.00. The van der Waals surface area contributed by atoms with E-state index in [0.717, 1.165) is 29.8 Å². The number of aromatic nitrogens is 2. The van der Waals surface area contributed by atoms with Gasteiger partial charge in [-0.15, -0.1) is 0 Å². The molecule has 0 fully saturated rings. The average Bonchev–Trinajstić information content (AvgIpc) is 3.06. The zero-order chi connectivity index (χ0) is 19.1. The van der Waals surface area contributed by atoms with Crippen LogP contribution in [0.15, 0.2) is 36.4 Å². The van der Waals surface area contributed by atoms with Crippen LogP contribution in [0.1, 0.15) is 43.5 Å². The number of carboxylic acid groups (broad SMARTS) is 1. The number of anilines is 1. The number of aliphatic carboxylic acids is 1. The molecule has 1 heterocycles. The van der Waals surface area contributed by atoms with Crippen LogP contribution < -0.4 is 5.32 Å². The predicted octanol–water partition coefficient (Wildman–Crippen LogP) is 4.40. The van der Waals surface area contributed by atoms with Crippen LogP contribution in [-0.2, 0) is 17.6 Å². The van der Waals surface area contributed by atoms with Gasteiger partial charge in [0.2, 0.25) is 5.95 Å². The second kappa shape index (κ2) is 6.65. The number of aryl methyl sites for hydroxylation is 2. The van der Waals surface area contributed by atoms with E-state index in [2.05, 4.69) is 59.5 Å². The maximum Gasteiger partial charge on any atom is 0.325 e. The third-order valence-corrected chi connectivity index (χ3v) is 5.21. The predicted molar refractivity (Wildman–Crippen MR) is 107 cm³/mol. The minimum atomic E-state index is -0.930. The number of carbonyl (C=O) groups is 1. The Labute approximate surface area is 158 Å². The summed E-state index contributed by atoms with van der Waals surface area (Å²) in [6, 6.07) is 12.0. The molecule has 1 atom stereocenters. The van der Waals surface area contributed by atoms with Crippen molar-refractivity contribution in [2.45, 2.75) is 45.6 Å². The summed E-state index contributed by atoms with van der Waals surface area (Å²) in [4.78, 5) is 20.4. The standard InChI is InChI=1S/C22H23N3O2/c1-12(2)18-11-19(25-22(24-18)23-13(3)21(26)27)16-10-9-15-8-7-14-5-4-6-17(16)20(14)15/h4-6,9-13H,7-8H2,1-3H3,(H,26,27)(H,23,24,25). The van der Waals surface area contributed by atoms with Crippen LogP contribution in [0.5, 0.6) is 0 Å². The normalized spacial score (nSPS) is 13.9. The van der Waals surface area contributed by atoms with E-state index < -0.39 is 12.0 Å². The van der Waals surface area contributed by atoms with Crippen LogP contribution >= 0.6 is 0 Å². The third-order valence-electron chi connectivity index (χ3n) is 5.21. The van der Waals surface area contributed by atoms with Crippen molar-refractivity contribution in [1.29, 1.82) is 0 Å². The van der Waals surface area contributed by atoms with Crippen LogP contribution in [0.4, 0.5) is 5.95 Å². The van der Waals surface area contributed by atoms with Crippen molar-refractivity contribution >= 4 is 22.7 Å². The number of benzene rings is 2. The minimum Gasteiger partial charge on any atom is -0.480 e. The molecule has 0 spiro atoms. The van der Waals surface area contributed by atoms with Crippen LogP contribution in [0.2, 0.25) is 0 Å². The van der Waals surface area contributed by atoms with Crippen LogP contribution in [0, 0.1) is 0 Å². The highest BCUT2D eigenvalue weighted by Crippen LogP contribution is 2.37. The number of hydrogen-bond acceptors (Lipinski definition) is 4. The monoisotopic (exact) mass is 361 g/mol. The molecule has 0 bridgehead atoms. The molecule has 27 heavy (non-hydrogen) atoms. The van der Waals surface area contributed by atoms with Crippen molar-refractivity contribution in [1.82, 2.24) is 9.97 Å². The molecule has 4 rings (SSSR count). The molecular weight excluding hydrogens is 338 g/mol. The number of carboxylic acids is 1. The lowest BCUT2D eigenvalue weighted by atomic mass is 9.97. The molecule has 2 N–H and O–H groups in total. The van der Waals surface area contributed by atoms with Gasteiger partial charge in [0, 0.05) is 11.3 Å². The maximum absolute atomic E-state index is 11.2. The average molecular weight is 361 g/mol. The van der Waals surface area contributed by atoms with Crippen molar-refractivity contribution in [2.75, 3.05) is 5.32 Å². The second-order valence-electron chi connectivity index (χ2n) is 7.47. The molecule has 1 aliphatic rings. The van der Waals surface area contributed by atoms with Crippen molar-refractivity contribution in [3.63, 3.8) is 0 Å². The van der Waals surface area contributed by atoms with Gasteiger partial charge in [-0.1, -0.05) is 44.2 Å². The van der Waals surface area contributed by atoms with Gasteiger partial charge in [0.1, 0.15) is 6.04 Å². The van der Waals surface area contributed by atoms with Crippen molar-refractivity contribution < 1.29 is 9.90 Å². The Hall–Kier alpha value is -2.95. The Balaban J connectivity index is 1.88. The number of nitrogens with zero attached hydrogens (tertiary/aromatic N) is 2. The molecule has 1 unspecified atom stereocenters. The van der Waals surface area contributed by atoms with E-state index in [1.807, 2.05) is 6.07 Å². The first-order chi connectivity index (χ1) is 12.9. The minimum absolute atomic E-state index is 0.212. The molecule has 3 aromatic rings. The van der Waals surface area contributed by atoms with E-state index in [9.17, 15) is 9.90 Å². The number of nitrogens with one attached hydrogen (secondary N) is 1. The lowest BCUT2D eigenvalue weighted by Crippen LogP contribution is -2.26. The van der Waals surface area contributed by atoms with Crippen LogP contribution in [0.25, 0.3) is 22.0 Å². The Morgan fingerprint density at radius 2 is 1.81 bits per heavy atom. The van der Waals surface area contributed by atoms with Crippen molar-refractivity contribution in [3.8, 4) is 11.3 Å². The van der Waals surface area contributed by atoms with Crippen molar-refractivity contribution in [2.24, 2.45) is 0 Å². The zero-order valence-electron chi connectivity index (χ0n) is 15.8. The number of rotatable bonds is 5. The Morgan fingerprint density at radius 3 is 2.52 bits per heavy atom. The van der Waals surface area contributed by atoms with E-state index in [1.54, 1.807) is 6.92 Å². The summed E-state index contributed by atoms with van der Waals surface area (Å²) in [5.41, 5.74) is 5.56. The topological polar surface area (TPSA) is 75.1 Å². The van der Waals surface area contributed by atoms with E-state index in [4.69, 9.17) is 0 Å². The highest BCUT2D eigenvalue weighted by Gasteiger charge is 2.19. The molecule has 1 aliphatic carbocycles. The highest BCUT2D eigenvalue weighted by atomic mass is 16.4. The Kier molecular flexibility index (Phi) is 4.30. The maximum atomic E-state index is 11.2. The summed E-state index contributed by atoms with van der Waals surface area (Å²) in [5, 5.41) is 14.7. The largest absolute Gasteiger partial charge is 0.480 e. The fourth-order valence-electron chi connectivity index (χ4n) is 3.69. The van der Waals surface area contributed by atoms with Crippen LogP contribution in [0.3, 0.4) is 0 Å².